The van der Waals surface area contributed by atoms with E-state index < -0.39 is 0 Å². The molecule has 0 heterocycles. The predicted octanol–water partition coefficient (Wildman–Crippen LogP) is 2.99. The van der Waals surface area contributed by atoms with Crippen LogP contribution in [-0.4, -0.2) is 5.38 Å². The van der Waals surface area contributed by atoms with Crippen molar-refractivity contribution in [3.05, 3.63) is 25.3 Å². The molecule has 0 aromatic heterocycles. The summed E-state index contributed by atoms with van der Waals surface area (Å²) in [6, 6.07) is 0. The van der Waals surface area contributed by atoms with E-state index in [2.05, 4.69) is 20.1 Å². The van der Waals surface area contributed by atoms with E-state index >= 15 is 0 Å². The monoisotopic (exact) mass is 144 g/mol. The van der Waals surface area contributed by atoms with Crippen molar-refractivity contribution in [3.63, 3.8) is 0 Å². The largest absolute Gasteiger partial charge is 0.118 e. The van der Waals surface area contributed by atoms with Gasteiger partial charge in [-0.2, -0.15) is 0 Å². The first kappa shape index (κ1) is 8.77. The third-order valence-corrected chi connectivity index (χ3v) is 1.92. The molecule has 0 amide bonds. The van der Waals surface area contributed by atoms with Crippen LogP contribution in [0.3, 0.4) is 0 Å². The van der Waals surface area contributed by atoms with E-state index in [9.17, 15) is 0 Å². The lowest BCUT2D eigenvalue weighted by atomic mass is 10.0. The smallest absolute Gasteiger partial charge is 0.0541 e. The van der Waals surface area contributed by atoms with Gasteiger partial charge in [0.1, 0.15) is 0 Å². The molecule has 0 aliphatic rings. The van der Waals surface area contributed by atoms with Crippen molar-refractivity contribution in [1.29, 1.82) is 0 Å². The third-order valence-electron chi connectivity index (χ3n) is 1.31. The van der Waals surface area contributed by atoms with Crippen molar-refractivity contribution in [2.24, 2.45) is 5.92 Å². The minimum atomic E-state index is 0.0861. The molecule has 0 aromatic carbocycles. The average molecular weight is 145 g/mol. The first-order valence-electron chi connectivity index (χ1n) is 3.10. The predicted molar refractivity (Wildman–Crippen MR) is 43.8 cm³/mol. The highest BCUT2D eigenvalue weighted by Crippen LogP contribution is 2.14. The molecule has 2 unspecified atom stereocenters. The Morgan fingerprint density at radius 3 is 2.44 bits per heavy atom. The van der Waals surface area contributed by atoms with Crippen molar-refractivity contribution in [1.82, 2.24) is 0 Å². The quantitative estimate of drug-likeness (QED) is 0.421. The third kappa shape index (κ3) is 3.36. The second-order valence-electron chi connectivity index (χ2n) is 2.18. The first-order chi connectivity index (χ1) is 4.22. The molecule has 0 bridgehead atoms. The maximum atomic E-state index is 5.83. The summed E-state index contributed by atoms with van der Waals surface area (Å²) in [5, 5.41) is 0.0861. The molecule has 52 valence electrons. The minimum Gasteiger partial charge on any atom is -0.118 e. The topological polar surface area (TPSA) is 0 Å². The van der Waals surface area contributed by atoms with Crippen LogP contribution in [-0.2, 0) is 0 Å². The first-order valence-corrected chi connectivity index (χ1v) is 3.53. The maximum absolute atomic E-state index is 5.83. The molecule has 0 aromatic rings. The van der Waals surface area contributed by atoms with E-state index in [4.69, 9.17) is 11.6 Å². The fourth-order valence-electron chi connectivity index (χ4n) is 0.625. The van der Waals surface area contributed by atoms with Gasteiger partial charge in [-0.05, 0) is 12.3 Å². The number of halogens is 1. The van der Waals surface area contributed by atoms with Crippen LogP contribution in [0, 0.1) is 5.92 Å². The molecule has 1 heteroatoms. The molecule has 0 fully saturated rings. The highest BCUT2D eigenvalue weighted by molar-refractivity contribution is 6.21. The van der Waals surface area contributed by atoms with Crippen LogP contribution in [0.25, 0.3) is 0 Å². The second kappa shape index (κ2) is 4.63. The Morgan fingerprint density at radius 1 is 1.56 bits per heavy atom. The fourth-order valence-corrected chi connectivity index (χ4v) is 0.728. The van der Waals surface area contributed by atoms with Gasteiger partial charge < -0.3 is 0 Å². The summed E-state index contributed by atoms with van der Waals surface area (Å²) < 4.78 is 0. The summed E-state index contributed by atoms with van der Waals surface area (Å²) in [6.45, 7) is 9.31. The Hall–Kier alpha value is -0.230. The van der Waals surface area contributed by atoms with Crippen molar-refractivity contribution >= 4 is 11.6 Å². The second-order valence-corrected chi connectivity index (χ2v) is 2.69. The standard InChI is InChI=1S/C8H13Cl/c1-4-6-7(3)8(9)5-2/h4-5,7-8H,1-2,6H2,3H3. The van der Waals surface area contributed by atoms with Gasteiger partial charge in [-0.3, -0.25) is 0 Å². The fraction of sp³-hybridized carbons (Fsp3) is 0.500. The molecular weight excluding hydrogens is 132 g/mol. The zero-order chi connectivity index (χ0) is 7.28. The van der Waals surface area contributed by atoms with Crippen molar-refractivity contribution < 1.29 is 0 Å². The van der Waals surface area contributed by atoms with Gasteiger partial charge in [-0.15, -0.1) is 24.8 Å². The highest BCUT2D eigenvalue weighted by atomic mass is 35.5. The molecule has 0 rings (SSSR count). The lowest BCUT2D eigenvalue weighted by Crippen LogP contribution is -2.06. The maximum Gasteiger partial charge on any atom is 0.0541 e. The molecule has 0 aliphatic carbocycles. The number of rotatable bonds is 4. The van der Waals surface area contributed by atoms with Crippen LogP contribution >= 0.6 is 11.6 Å². The Balaban J connectivity index is 3.56. The van der Waals surface area contributed by atoms with Crippen LogP contribution in [0.4, 0.5) is 0 Å². The molecule has 0 aliphatic heterocycles. The minimum absolute atomic E-state index is 0.0861. The Morgan fingerprint density at radius 2 is 2.11 bits per heavy atom. The lowest BCUT2D eigenvalue weighted by molar-refractivity contribution is 0.611. The van der Waals surface area contributed by atoms with Gasteiger partial charge in [0.25, 0.3) is 0 Å². The van der Waals surface area contributed by atoms with Crippen LogP contribution < -0.4 is 0 Å². The van der Waals surface area contributed by atoms with Gasteiger partial charge in [-0.1, -0.05) is 19.1 Å². The summed E-state index contributed by atoms with van der Waals surface area (Å²) in [5.74, 6) is 0.460. The summed E-state index contributed by atoms with van der Waals surface area (Å²) >= 11 is 5.83. The van der Waals surface area contributed by atoms with Gasteiger partial charge in [0.2, 0.25) is 0 Å². The van der Waals surface area contributed by atoms with E-state index in [0.717, 1.165) is 6.42 Å². The summed E-state index contributed by atoms with van der Waals surface area (Å²) in [4.78, 5) is 0. The van der Waals surface area contributed by atoms with Crippen LogP contribution in [0.5, 0.6) is 0 Å². The van der Waals surface area contributed by atoms with Crippen LogP contribution in [0.15, 0.2) is 25.3 Å². The van der Waals surface area contributed by atoms with Gasteiger partial charge in [-0.25, -0.2) is 0 Å². The van der Waals surface area contributed by atoms with Crippen LogP contribution in [0.2, 0.25) is 0 Å². The lowest BCUT2D eigenvalue weighted by Gasteiger charge is -2.10. The van der Waals surface area contributed by atoms with Crippen molar-refractivity contribution in [2.45, 2.75) is 18.7 Å². The number of hydrogen-bond acceptors (Lipinski definition) is 0. The molecule has 0 N–H and O–H groups in total. The van der Waals surface area contributed by atoms with Crippen molar-refractivity contribution in [2.75, 3.05) is 0 Å². The summed E-state index contributed by atoms with van der Waals surface area (Å²) in [7, 11) is 0. The molecule has 2 atom stereocenters. The molecule has 0 nitrogen and oxygen atoms in total. The highest BCUT2D eigenvalue weighted by Gasteiger charge is 2.07. The SMILES string of the molecule is C=CCC(C)C(Cl)C=C. The zero-order valence-corrected chi connectivity index (χ0v) is 6.56. The van der Waals surface area contributed by atoms with Gasteiger partial charge in [0.15, 0.2) is 0 Å². The van der Waals surface area contributed by atoms with E-state index in [0.29, 0.717) is 5.92 Å². The molecule has 0 saturated heterocycles. The average Bonchev–Trinajstić information content (AvgIpc) is 1.87. The zero-order valence-electron chi connectivity index (χ0n) is 5.81. The van der Waals surface area contributed by atoms with Crippen molar-refractivity contribution in [3.8, 4) is 0 Å². The molecule has 0 radical (unpaired) electrons. The Labute approximate surface area is 62.2 Å². The van der Waals surface area contributed by atoms with Gasteiger partial charge >= 0.3 is 0 Å². The number of hydrogen-bond donors (Lipinski definition) is 0. The van der Waals surface area contributed by atoms with E-state index in [-0.39, 0.29) is 5.38 Å². The van der Waals surface area contributed by atoms with E-state index in [1.165, 1.54) is 0 Å². The van der Waals surface area contributed by atoms with Crippen LogP contribution in [0.1, 0.15) is 13.3 Å². The molecule has 0 saturated carbocycles. The molecular formula is C8H13Cl. The summed E-state index contributed by atoms with van der Waals surface area (Å²) in [6.07, 6.45) is 4.60. The number of allylic oxidation sites excluding steroid dienone is 2. The van der Waals surface area contributed by atoms with E-state index in [1.54, 1.807) is 6.08 Å². The summed E-state index contributed by atoms with van der Waals surface area (Å²) in [5.41, 5.74) is 0. The number of alkyl halides is 1. The Kier molecular flexibility index (Phi) is 4.51. The van der Waals surface area contributed by atoms with Gasteiger partial charge in [0, 0.05) is 0 Å². The molecule has 9 heavy (non-hydrogen) atoms. The normalized spacial score (nSPS) is 16.2. The molecule has 0 spiro atoms. The Bertz CT molecular complexity index is 96.7. The van der Waals surface area contributed by atoms with E-state index in [1.807, 2.05) is 6.08 Å². The van der Waals surface area contributed by atoms with Gasteiger partial charge in [0.05, 0.1) is 5.38 Å².